The highest BCUT2D eigenvalue weighted by molar-refractivity contribution is 6.37. The van der Waals surface area contributed by atoms with E-state index in [2.05, 4.69) is 0 Å². The Hall–Kier alpha value is -1.66. The second-order valence-electron chi connectivity index (χ2n) is 4.06. The van der Waals surface area contributed by atoms with Gasteiger partial charge < -0.3 is 10.5 Å². The van der Waals surface area contributed by atoms with E-state index in [9.17, 15) is 17.6 Å². The predicted octanol–water partition coefficient (Wildman–Crippen LogP) is 5.53. The highest BCUT2D eigenvalue weighted by atomic mass is 35.5. The van der Waals surface area contributed by atoms with Gasteiger partial charge in [0.25, 0.3) is 0 Å². The van der Waals surface area contributed by atoms with Crippen LogP contribution in [-0.4, -0.2) is 0 Å². The number of ether oxygens (including phenoxy) is 1. The molecule has 0 saturated carbocycles. The maximum Gasteiger partial charge on any atom is 0.419 e. The van der Waals surface area contributed by atoms with E-state index >= 15 is 0 Å². The van der Waals surface area contributed by atoms with Gasteiger partial charge in [-0.2, -0.15) is 13.2 Å². The molecule has 0 heterocycles. The summed E-state index contributed by atoms with van der Waals surface area (Å²) in [5, 5.41) is 0.0516. The number of hydrogen-bond donors (Lipinski definition) is 1. The summed E-state index contributed by atoms with van der Waals surface area (Å²) in [7, 11) is 0. The summed E-state index contributed by atoms with van der Waals surface area (Å²) in [5.74, 6) is -1.71. The normalized spacial score (nSPS) is 11.5. The lowest BCUT2D eigenvalue weighted by Crippen LogP contribution is -2.08. The summed E-state index contributed by atoms with van der Waals surface area (Å²) in [6.07, 6.45) is -4.84. The SMILES string of the molecule is Nc1cc(Cl)c(Oc2ccc(F)c(C(F)(F)F)c2)c(Cl)c1. The van der Waals surface area contributed by atoms with Gasteiger partial charge >= 0.3 is 6.18 Å². The van der Waals surface area contributed by atoms with Crippen molar-refractivity contribution in [1.29, 1.82) is 0 Å². The van der Waals surface area contributed by atoms with Crippen LogP contribution in [0.3, 0.4) is 0 Å². The minimum Gasteiger partial charge on any atom is -0.454 e. The molecule has 0 bridgehead atoms. The zero-order valence-corrected chi connectivity index (χ0v) is 11.7. The molecule has 2 aromatic rings. The molecule has 0 aliphatic rings. The molecule has 0 radical (unpaired) electrons. The third-order valence-corrected chi connectivity index (χ3v) is 3.05. The van der Waals surface area contributed by atoms with E-state index in [4.69, 9.17) is 33.7 Å². The molecule has 2 nitrogen and oxygen atoms in total. The molecule has 112 valence electrons. The van der Waals surface area contributed by atoms with Crippen LogP contribution in [-0.2, 0) is 6.18 Å². The van der Waals surface area contributed by atoms with Crippen LogP contribution in [0.5, 0.6) is 11.5 Å². The molecule has 0 saturated heterocycles. The Morgan fingerprint density at radius 1 is 1.00 bits per heavy atom. The molecule has 0 amide bonds. The molecule has 8 heteroatoms. The van der Waals surface area contributed by atoms with Crippen LogP contribution in [0.4, 0.5) is 23.2 Å². The first-order chi connectivity index (χ1) is 9.68. The maximum absolute atomic E-state index is 13.2. The Morgan fingerprint density at radius 2 is 1.57 bits per heavy atom. The number of benzene rings is 2. The summed E-state index contributed by atoms with van der Waals surface area (Å²) < 4.78 is 56.2. The molecule has 0 aliphatic carbocycles. The third kappa shape index (κ3) is 3.51. The first kappa shape index (κ1) is 15.7. The zero-order valence-electron chi connectivity index (χ0n) is 10.1. The average Bonchev–Trinajstić information content (AvgIpc) is 2.34. The van der Waals surface area contributed by atoms with Crippen molar-refractivity contribution >= 4 is 28.9 Å². The van der Waals surface area contributed by atoms with E-state index in [1.165, 1.54) is 12.1 Å². The first-order valence-corrected chi connectivity index (χ1v) is 6.23. The third-order valence-electron chi connectivity index (χ3n) is 2.48. The van der Waals surface area contributed by atoms with Crippen molar-refractivity contribution < 1.29 is 22.3 Å². The van der Waals surface area contributed by atoms with Gasteiger partial charge in [-0.3, -0.25) is 0 Å². The van der Waals surface area contributed by atoms with E-state index in [-0.39, 0.29) is 27.2 Å². The Balaban J connectivity index is 2.42. The number of hydrogen-bond acceptors (Lipinski definition) is 2. The lowest BCUT2D eigenvalue weighted by atomic mass is 10.2. The first-order valence-electron chi connectivity index (χ1n) is 5.47. The minimum atomic E-state index is -4.84. The van der Waals surface area contributed by atoms with E-state index in [1.54, 1.807) is 0 Å². The standard InChI is InChI=1S/C13H7Cl2F4NO/c14-9-3-6(20)4-10(15)12(9)21-7-1-2-11(16)8(5-7)13(17,18)19/h1-5H,20H2. The van der Waals surface area contributed by atoms with Crippen LogP contribution >= 0.6 is 23.2 Å². The van der Waals surface area contributed by atoms with E-state index in [0.29, 0.717) is 12.1 Å². The predicted molar refractivity (Wildman–Crippen MR) is 72.4 cm³/mol. The summed E-state index contributed by atoms with van der Waals surface area (Å²) in [6.45, 7) is 0. The summed E-state index contributed by atoms with van der Waals surface area (Å²) in [6, 6.07) is 4.87. The second-order valence-corrected chi connectivity index (χ2v) is 4.87. The Bertz CT molecular complexity index is 665. The Kier molecular flexibility index (Phi) is 4.20. The maximum atomic E-state index is 13.2. The number of nitrogen functional groups attached to an aromatic ring is 1. The van der Waals surface area contributed by atoms with E-state index in [0.717, 1.165) is 6.07 Å². The highest BCUT2D eigenvalue weighted by Crippen LogP contribution is 2.40. The average molecular weight is 340 g/mol. The van der Waals surface area contributed by atoms with Gasteiger partial charge in [0.1, 0.15) is 11.6 Å². The lowest BCUT2D eigenvalue weighted by molar-refractivity contribution is -0.140. The van der Waals surface area contributed by atoms with Gasteiger partial charge in [0.2, 0.25) is 0 Å². The Labute approximate surface area is 127 Å². The monoisotopic (exact) mass is 339 g/mol. The van der Waals surface area contributed by atoms with Crippen molar-refractivity contribution in [3.05, 3.63) is 51.8 Å². The van der Waals surface area contributed by atoms with Crippen molar-refractivity contribution in [2.24, 2.45) is 0 Å². The molecule has 0 fully saturated rings. The fourth-order valence-electron chi connectivity index (χ4n) is 1.58. The van der Waals surface area contributed by atoms with Crippen LogP contribution in [0.2, 0.25) is 10.0 Å². The zero-order chi connectivity index (χ0) is 15.8. The molecule has 0 aliphatic heterocycles. The summed E-state index contributed by atoms with van der Waals surface area (Å²) >= 11 is 11.7. The molecule has 2 aromatic carbocycles. The number of halogens is 6. The lowest BCUT2D eigenvalue weighted by Gasteiger charge is -2.13. The second kappa shape index (κ2) is 5.61. The van der Waals surface area contributed by atoms with Crippen molar-refractivity contribution in [3.63, 3.8) is 0 Å². The molecule has 0 spiro atoms. The summed E-state index contributed by atoms with van der Waals surface area (Å²) in [5.41, 5.74) is 4.33. The molecule has 21 heavy (non-hydrogen) atoms. The number of anilines is 1. The fraction of sp³-hybridized carbons (Fsp3) is 0.0769. The van der Waals surface area contributed by atoms with Crippen LogP contribution in [0.15, 0.2) is 30.3 Å². The van der Waals surface area contributed by atoms with Gasteiger partial charge in [0.05, 0.1) is 15.6 Å². The summed E-state index contributed by atoms with van der Waals surface area (Å²) in [4.78, 5) is 0. The van der Waals surface area contributed by atoms with Crippen LogP contribution < -0.4 is 10.5 Å². The number of rotatable bonds is 2. The van der Waals surface area contributed by atoms with Crippen LogP contribution in [0.1, 0.15) is 5.56 Å². The molecule has 0 atom stereocenters. The van der Waals surface area contributed by atoms with E-state index in [1.807, 2.05) is 0 Å². The molecule has 2 N–H and O–H groups in total. The van der Waals surface area contributed by atoms with Gasteiger partial charge in [-0.05, 0) is 30.3 Å². The van der Waals surface area contributed by atoms with Crippen molar-refractivity contribution in [1.82, 2.24) is 0 Å². The van der Waals surface area contributed by atoms with Crippen molar-refractivity contribution in [2.75, 3.05) is 5.73 Å². The van der Waals surface area contributed by atoms with Crippen molar-refractivity contribution in [2.45, 2.75) is 6.18 Å². The van der Waals surface area contributed by atoms with Crippen LogP contribution in [0.25, 0.3) is 0 Å². The smallest absolute Gasteiger partial charge is 0.419 e. The van der Waals surface area contributed by atoms with Gasteiger partial charge in [-0.25, -0.2) is 4.39 Å². The molecule has 0 aromatic heterocycles. The molecular weight excluding hydrogens is 333 g/mol. The van der Waals surface area contributed by atoms with Gasteiger partial charge in [-0.15, -0.1) is 0 Å². The minimum absolute atomic E-state index is 0.0258. The fourth-order valence-corrected chi connectivity index (χ4v) is 2.16. The molecule has 2 rings (SSSR count). The highest BCUT2D eigenvalue weighted by Gasteiger charge is 2.34. The molecule has 0 unspecified atom stereocenters. The topological polar surface area (TPSA) is 35.2 Å². The largest absolute Gasteiger partial charge is 0.454 e. The van der Waals surface area contributed by atoms with Gasteiger partial charge in [0, 0.05) is 5.69 Å². The quantitative estimate of drug-likeness (QED) is 0.577. The van der Waals surface area contributed by atoms with E-state index < -0.39 is 17.6 Å². The number of alkyl halides is 3. The van der Waals surface area contributed by atoms with Gasteiger partial charge in [0.15, 0.2) is 5.75 Å². The molecular formula is C13H7Cl2F4NO. The van der Waals surface area contributed by atoms with Crippen LogP contribution in [0, 0.1) is 5.82 Å². The number of nitrogens with two attached hydrogens (primary N) is 1. The van der Waals surface area contributed by atoms with Crippen molar-refractivity contribution in [3.8, 4) is 11.5 Å². The Morgan fingerprint density at radius 3 is 2.10 bits per heavy atom. The van der Waals surface area contributed by atoms with Gasteiger partial charge in [-0.1, -0.05) is 23.2 Å².